The van der Waals surface area contributed by atoms with Crippen molar-refractivity contribution in [3.8, 4) is 17.1 Å². The molecule has 0 aliphatic heterocycles. The van der Waals surface area contributed by atoms with Gasteiger partial charge >= 0.3 is 6.01 Å². The smallest absolute Gasteiger partial charge is 0.322 e. The first-order valence-corrected chi connectivity index (χ1v) is 11.3. The highest BCUT2D eigenvalue weighted by atomic mass is 35.5. The van der Waals surface area contributed by atoms with Gasteiger partial charge in [-0.2, -0.15) is 0 Å². The first-order valence-electron chi connectivity index (χ1n) is 9.95. The van der Waals surface area contributed by atoms with Gasteiger partial charge in [0.15, 0.2) is 11.0 Å². The van der Waals surface area contributed by atoms with Crippen LogP contribution in [-0.4, -0.2) is 36.6 Å². The topological polar surface area (TPSA) is 98.7 Å². The molecule has 0 aliphatic rings. The highest BCUT2D eigenvalue weighted by molar-refractivity contribution is 7.99. The van der Waals surface area contributed by atoms with E-state index in [1.807, 2.05) is 61.7 Å². The Bertz CT molecular complexity index is 1220. The van der Waals surface area contributed by atoms with Crippen LogP contribution in [0.15, 0.2) is 58.1 Å². The monoisotopic (exact) mass is 468 g/mol. The number of halogens is 1. The third kappa shape index (κ3) is 5.00. The number of nitrogens with zero attached hydrogens (tertiary/aromatic N) is 5. The first kappa shape index (κ1) is 22.0. The van der Waals surface area contributed by atoms with Gasteiger partial charge < -0.3 is 4.42 Å². The van der Waals surface area contributed by atoms with E-state index in [0.29, 0.717) is 21.9 Å². The van der Waals surface area contributed by atoms with E-state index in [1.54, 1.807) is 12.1 Å². The Labute approximate surface area is 194 Å². The first-order chi connectivity index (χ1) is 15.4. The van der Waals surface area contributed by atoms with Gasteiger partial charge in [0.25, 0.3) is 0 Å². The summed E-state index contributed by atoms with van der Waals surface area (Å²) in [5.74, 6) is 1.04. The molecule has 2 heterocycles. The minimum absolute atomic E-state index is 0.0822. The summed E-state index contributed by atoms with van der Waals surface area (Å²) >= 11 is 7.33. The van der Waals surface area contributed by atoms with Crippen molar-refractivity contribution >= 4 is 35.3 Å². The predicted octanol–water partition coefficient (Wildman–Crippen LogP) is 5.13. The van der Waals surface area contributed by atoms with Crippen LogP contribution in [0.4, 0.5) is 6.01 Å². The lowest BCUT2D eigenvalue weighted by molar-refractivity contribution is -0.113. The SMILES string of the molecule is Cc1ccc(-c2nnc(SCC(=O)Nc3nnc(C(C)C)o3)n2-c2ccc(Cl)cc2)cc1. The molecule has 0 fully saturated rings. The average molecular weight is 469 g/mol. The lowest BCUT2D eigenvalue weighted by Gasteiger charge is -2.10. The molecule has 4 rings (SSSR count). The summed E-state index contributed by atoms with van der Waals surface area (Å²) in [5, 5.41) is 20.3. The fraction of sp³-hybridized carbons (Fsp3) is 0.227. The van der Waals surface area contributed by atoms with E-state index >= 15 is 0 Å². The fourth-order valence-electron chi connectivity index (χ4n) is 2.88. The molecular formula is C22H21ClN6O2S. The summed E-state index contributed by atoms with van der Waals surface area (Å²) in [4.78, 5) is 12.4. The number of carbonyl (C=O) groups excluding carboxylic acids is 1. The van der Waals surface area contributed by atoms with Crippen LogP contribution >= 0.6 is 23.4 Å². The fourth-order valence-corrected chi connectivity index (χ4v) is 3.76. The minimum atomic E-state index is -0.281. The van der Waals surface area contributed by atoms with Crippen LogP contribution in [-0.2, 0) is 4.79 Å². The Morgan fingerprint density at radius 3 is 2.44 bits per heavy atom. The number of hydrogen-bond acceptors (Lipinski definition) is 7. The Balaban J connectivity index is 1.57. The maximum atomic E-state index is 12.4. The van der Waals surface area contributed by atoms with Gasteiger partial charge in [0.05, 0.1) is 5.75 Å². The summed E-state index contributed by atoms with van der Waals surface area (Å²) in [7, 11) is 0. The van der Waals surface area contributed by atoms with Crippen molar-refractivity contribution in [2.45, 2.75) is 31.8 Å². The molecule has 0 saturated carbocycles. The summed E-state index contributed by atoms with van der Waals surface area (Å²) < 4.78 is 7.34. The van der Waals surface area contributed by atoms with E-state index in [4.69, 9.17) is 16.0 Å². The third-order valence-electron chi connectivity index (χ3n) is 4.54. The van der Waals surface area contributed by atoms with Crippen molar-refractivity contribution in [3.63, 3.8) is 0 Å². The average Bonchev–Trinajstić information content (AvgIpc) is 3.41. The van der Waals surface area contributed by atoms with Crippen LogP contribution in [0, 0.1) is 6.92 Å². The third-order valence-corrected chi connectivity index (χ3v) is 5.72. The van der Waals surface area contributed by atoms with Crippen LogP contribution in [0.5, 0.6) is 0 Å². The number of thioether (sulfide) groups is 1. The zero-order valence-electron chi connectivity index (χ0n) is 17.7. The maximum Gasteiger partial charge on any atom is 0.322 e. The van der Waals surface area contributed by atoms with E-state index in [2.05, 4.69) is 25.7 Å². The van der Waals surface area contributed by atoms with Crippen molar-refractivity contribution in [2.75, 3.05) is 11.1 Å². The Morgan fingerprint density at radius 1 is 1.06 bits per heavy atom. The van der Waals surface area contributed by atoms with Crippen molar-refractivity contribution < 1.29 is 9.21 Å². The molecule has 2 aromatic carbocycles. The number of carbonyl (C=O) groups is 1. The van der Waals surface area contributed by atoms with Crippen LogP contribution in [0.25, 0.3) is 17.1 Å². The Kier molecular flexibility index (Phi) is 6.57. The Hall–Kier alpha value is -3.17. The van der Waals surface area contributed by atoms with Gasteiger partial charge in [0.1, 0.15) is 0 Å². The quantitative estimate of drug-likeness (QED) is 0.375. The molecule has 0 spiro atoms. The van der Waals surface area contributed by atoms with Crippen LogP contribution in [0.1, 0.15) is 31.2 Å². The Morgan fingerprint density at radius 2 is 1.78 bits per heavy atom. The molecule has 164 valence electrons. The molecule has 32 heavy (non-hydrogen) atoms. The summed E-state index contributed by atoms with van der Waals surface area (Å²) in [6.07, 6.45) is 0. The van der Waals surface area contributed by atoms with Crippen molar-refractivity contribution in [1.82, 2.24) is 25.0 Å². The summed E-state index contributed by atoms with van der Waals surface area (Å²) in [6, 6.07) is 15.5. The lowest BCUT2D eigenvalue weighted by Crippen LogP contribution is -2.15. The standard InChI is InChI=1S/C22H21ClN6O2S/c1-13(2)20-26-27-21(31-20)24-18(30)12-32-22-28-25-19(15-6-4-14(3)5-7-15)29(22)17-10-8-16(23)9-11-17/h4-11,13H,12H2,1-3H3,(H,24,27,30). The van der Waals surface area contributed by atoms with Crippen molar-refractivity contribution in [3.05, 3.63) is 65.0 Å². The van der Waals surface area contributed by atoms with E-state index in [0.717, 1.165) is 16.8 Å². The molecule has 0 bridgehead atoms. The molecule has 1 N–H and O–H groups in total. The molecule has 0 radical (unpaired) electrons. The second-order valence-electron chi connectivity index (χ2n) is 7.42. The number of amides is 1. The van der Waals surface area contributed by atoms with Crippen molar-refractivity contribution in [1.29, 1.82) is 0 Å². The molecule has 0 unspecified atom stereocenters. The molecule has 8 nitrogen and oxygen atoms in total. The molecule has 10 heteroatoms. The van der Waals surface area contributed by atoms with Gasteiger partial charge in [-0.25, -0.2) is 0 Å². The summed E-state index contributed by atoms with van der Waals surface area (Å²) in [5.41, 5.74) is 2.91. The van der Waals surface area contributed by atoms with Crippen LogP contribution in [0.2, 0.25) is 5.02 Å². The second-order valence-corrected chi connectivity index (χ2v) is 8.80. The lowest BCUT2D eigenvalue weighted by atomic mass is 10.1. The molecule has 0 aliphatic carbocycles. The normalized spacial score (nSPS) is 11.2. The number of aromatic nitrogens is 5. The van der Waals surface area contributed by atoms with Gasteiger partial charge in [-0.3, -0.25) is 14.7 Å². The second kappa shape index (κ2) is 9.54. The number of nitrogens with one attached hydrogen (secondary N) is 1. The molecular weight excluding hydrogens is 448 g/mol. The predicted molar refractivity (Wildman–Crippen MR) is 124 cm³/mol. The van der Waals surface area contributed by atoms with E-state index in [-0.39, 0.29) is 23.6 Å². The number of anilines is 1. The van der Waals surface area contributed by atoms with E-state index in [1.165, 1.54) is 11.8 Å². The zero-order chi connectivity index (χ0) is 22.7. The van der Waals surface area contributed by atoms with E-state index in [9.17, 15) is 4.79 Å². The zero-order valence-corrected chi connectivity index (χ0v) is 19.3. The molecule has 0 saturated heterocycles. The number of aryl methyl sites for hydroxylation is 1. The molecule has 4 aromatic rings. The summed E-state index contributed by atoms with van der Waals surface area (Å²) in [6.45, 7) is 5.90. The van der Waals surface area contributed by atoms with Gasteiger partial charge in [0, 0.05) is 22.2 Å². The molecule has 0 atom stereocenters. The highest BCUT2D eigenvalue weighted by Crippen LogP contribution is 2.29. The number of benzene rings is 2. The minimum Gasteiger partial charge on any atom is -0.408 e. The number of hydrogen-bond donors (Lipinski definition) is 1. The van der Waals surface area contributed by atoms with Gasteiger partial charge in [-0.1, -0.05) is 72.1 Å². The molecule has 2 aromatic heterocycles. The van der Waals surface area contributed by atoms with Gasteiger partial charge in [-0.05, 0) is 31.2 Å². The number of rotatable bonds is 7. The van der Waals surface area contributed by atoms with Gasteiger partial charge in [-0.15, -0.1) is 15.3 Å². The molecule has 1 amide bonds. The van der Waals surface area contributed by atoms with Crippen LogP contribution < -0.4 is 5.32 Å². The largest absolute Gasteiger partial charge is 0.408 e. The van der Waals surface area contributed by atoms with E-state index < -0.39 is 0 Å². The maximum absolute atomic E-state index is 12.4. The van der Waals surface area contributed by atoms with Crippen molar-refractivity contribution in [2.24, 2.45) is 0 Å². The van der Waals surface area contributed by atoms with Crippen LogP contribution in [0.3, 0.4) is 0 Å². The highest BCUT2D eigenvalue weighted by Gasteiger charge is 2.18. The van der Waals surface area contributed by atoms with Gasteiger partial charge in [0.2, 0.25) is 11.8 Å².